The highest BCUT2D eigenvalue weighted by Gasteiger charge is 2.20. The zero-order valence-electron chi connectivity index (χ0n) is 14.1. The number of carbonyl (C=O) groups is 1. The Morgan fingerprint density at radius 1 is 1.12 bits per heavy atom. The van der Waals surface area contributed by atoms with Crippen LogP contribution in [-0.4, -0.2) is 30.6 Å². The molecule has 0 unspecified atom stereocenters. The van der Waals surface area contributed by atoms with Crippen LogP contribution in [0.3, 0.4) is 0 Å². The molecule has 4 rings (SSSR count). The van der Waals surface area contributed by atoms with E-state index in [1.165, 1.54) is 23.3 Å². The molecule has 2 aliphatic rings. The van der Waals surface area contributed by atoms with E-state index in [0.717, 1.165) is 42.7 Å². The highest BCUT2D eigenvalue weighted by atomic mass is 19.1. The maximum absolute atomic E-state index is 13.4. The van der Waals surface area contributed by atoms with Gasteiger partial charge in [-0.15, -0.1) is 0 Å². The van der Waals surface area contributed by atoms with Gasteiger partial charge in [-0.25, -0.2) is 9.18 Å². The second-order valence-corrected chi connectivity index (χ2v) is 6.61. The molecule has 0 aromatic heterocycles. The van der Waals surface area contributed by atoms with E-state index in [2.05, 4.69) is 17.4 Å². The molecule has 1 N–H and O–H groups in total. The van der Waals surface area contributed by atoms with E-state index in [4.69, 9.17) is 4.74 Å². The minimum atomic E-state index is -0.249. The Balaban J connectivity index is 1.31. The summed E-state index contributed by atoms with van der Waals surface area (Å²) in [5.74, 6) is 0.730. The second kappa shape index (κ2) is 6.75. The van der Waals surface area contributed by atoms with E-state index in [1.807, 2.05) is 12.1 Å². The Bertz CT molecular complexity index is 806. The number of nitrogens with one attached hydrogen (secondary N) is 1. The van der Waals surface area contributed by atoms with Crippen LogP contribution in [0, 0.1) is 5.82 Å². The van der Waals surface area contributed by atoms with E-state index in [1.54, 1.807) is 4.90 Å². The fraction of sp³-hybridized carbons (Fsp3) is 0.350. The van der Waals surface area contributed by atoms with Gasteiger partial charge in [0.1, 0.15) is 11.6 Å². The average molecular weight is 340 g/mol. The highest BCUT2D eigenvalue weighted by Crippen LogP contribution is 2.26. The van der Waals surface area contributed by atoms with E-state index in [9.17, 15) is 9.18 Å². The summed E-state index contributed by atoms with van der Waals surface area (Å²) >= 11 is 0. The van der Waals surface area contributed by atoms with Crippen molar-refractivity contribution in [3.8, 4) is 5.75 Å². The number of carbonyl (C=O) groups excluding carboxylic acids is 1. The van der Waals surface area contributed by atoms with Crippen molar-refractivity contribution < 1.29 is 13.9 Å². The molecule has 2 aromatic rings. The highest BCUT2D eigenvalue weighted by molar-refractivity contribution is 5.74. The fourth-order valence-corrected chi connectivity index (χ4v) is 3.52. The third-order valence-electron chi connectivity index (χ3n) is 4.91. The molecule has 0 radical (unpaired) electrons. The topological polar surface area (TPSA) is 41.6 Å². The zero-order valence-corrected chi connectivity index (χ0v) is 14.1. The number of rotatable bonds is 3. The molecule has 0 aliphatic carbocycles. The van der Waals surface area contributed by atoms with Crippen LogP contribution in [0.1, 0.15) is 22.3 Å². The molecule has 130 valence electrons. The first-order valence-electron chi connectivity index (χ1n) is 8.74. The minimum Gasteiger partial charge on any atom is -0.493 e. The molecule has 5 heteroatoms. The summed E-state index contributed by atoms with van der Waals surface area (Å²) in [4.78, 5) is 14.1. The fourth-order valence-electron chi connectivity index (χ4n) is 3.52. The van der Waals surface area contributed by atoms with Gasteiger partial charge in [-0.05, 0) is 53.3 Å². The van der Waals surface area contributed by atoms with Gasteiger partial charge in [0.15, 0.2) is 0 Å². The van der Waals surface area contributed by atoms with Crippen molar-refractivity contribution in [3.63, 3.8) is 0 Å². The van der Waals surface area contributed by atoms with E-state index < -0.39 is 0 Å². The van der Waals surface area contributed by atoms with Crippen LogP contribution < -0.4 is 10.1 Å². The molecular formula is C20H21FN2O2. The molecule has 25 heavy (non-hydrogen) atoms. The first kappa shape index (κ1) is 15.9. The van der Waals surface area contributed by atoms with Gasteiger partial charge >= 0.3 is 6.03 Å². The standard InChI is InChI=1S/C20H21FN2O2/c21-18-3-2-15-6-9-23(13-17(15)12-18)20(24)22-8-5-14-1-4-19-16(11-14)7-10-25-19/h1-4,11-12H,5-10,13H2,(H,22,24). The van der Waals surface area contributed by atoms with E-state index in [0.29, 0.717) is 19.6 Å². The Morgan fingerprint density at radius 3 is 2.96 bits per heavy atom. The van der Waals surface area contributed by atoms with Crippen molar-refractivity contribution >= 4 is 6.03 Å². The smallest absolute Gasteiger partial charge is 0.317 e. The lowest BCUT2D eigenvalue weighted by atomic mass is 10.00. The lowest BCUT2D eigenvalue weighted by Gasteiger charge is -2.29. The Morgan fingerprint density at radius 2 is 2.04 bits per heavy atom. The van der Waals surface area contributed by atoms with Crippen LogP contribution >= 0.6 is 0 Å². The SMILES string of the molecule is O=C(NCCc1ccc2c(c1)CCO2)N1CCc2ccc(F)cc2C1. The molecule has 0 saturated heterocycles. The molecule has 0 spiro atoms. The van der Waals surface area contributed by atoms with Crippen molar-refractivity contribution in [2.75, 3.05) is 19.7 Å². The van der Waals surface area contributed by atoms with Gasteiger partial charge in [-0.2, -0.15) is 0 Å². The summed E-state index contributed by atoms with van der Waals surface area (Å²) in [5, 5.41) is 2.98. The predicted molar refractivity (Wildman–Crippen MR) is 93.3 cm³/mol. The Hall–Kier alpha value is -2.56. The van der Waals surface area contributed by atoms with Gasteiger partial charge in [0.05, 0.1) is 6.61 Å². The number of hydrogen-bond acceptors (Lipinski definition) is 2. The molecule has 0 fully saturated rings. The molecular weight excluding hydrogens is 319 g/mol. The first-order chi connectivity index (χ1) is 12.2. The quantitative estimate of drug-likeness (QED) is 0.933. The van der Waals surface area contributed by atoms with E-state index in [-0.39, 0.29) is 11.8 Å². The number of benzene rings is 2. The maximum atomic E-state index is 13.4. The van der Waals surface area contributed by atoms with Crippen LogP contribution in [0.25, 0.3) is 0 Å². The number of fused-ring (bicyclic) bond motifs is 2. The van der Waals surface area contributed by atoms with Crippen molar-refractivity contribution in [2.24, 2.45) is 0 Å². The number of halogens is 1. The lowest BCUT2D eigenvalue weighted by Crippen LogP contribution is -2.43. The van der Waals surface area contributed by atoms with Crippen LogP contribution in [0.15, 0.2) is 36.4 Å². The van der Waals surface area contributed by atoms with Gasteiger partial charge in [0.25, 0.3) is 0 Å². The molecule has 0 saturated carbocycles. The monoisotopic (exact) mass is 340 g/mol. The van der Waals surface area contributed by atoms with Crippen LogP contribution in [0.2, 0.25) is 0 Å². The van der Waals surface area contributed by atoms with Crippen molar-refractivity contribution in [1.29, 1.82) is 0 Å². The molecule has 2 aromatic carbocycles. The maximum Gasteiger partial charge on any atom is 0.317 e. The van der Waals surface area contributed by atoms with Gasteiger partial charge in [-0.1, -0.05) is 18.2 Å². The summed E-state index contributed by atoms with van der Waals surface area (Å²) in [5.41, 5.74) is 4.49. The van der Waals surface area contributed by atoms with Gasteiger partial charge in [-0.3, -0.25) is 0 Å². The zero-order chi connectivity index (χ0) is 17.2. The third-order valence-corrected chi connectivity index (χ3v) is 4.91. The van der Waals surface area contributed by atoms with Crippen LogP contribution in [-0.2, 0) is 25.8 Å². The largest absolute Gasteiger partial charge is 0.493 e. The summed E-state index contributed by atoms with van der Waals surface area (Å²) in [7, 11) is 0. The molecule has 4 nitrogen and oxygen atoms in total. The van der Waals surface area contributed by atoms with Gasteiger partial charge in [0, 0.05) is 26.1 Å². The minimum absolute atomic E-state index is 0.0839. The van der Waals surface area contributed by atoms with Crippen LogP contribution in [0.4, 0.5) is 9.18 Å². The Kier molecular flexibility index (Phi) is 4.30. The summed E-state index contributed by atoms with van der Waals surface area (Å²) < 4.78 is 18.9. The molecule has 2 aliphatic heterocycles. The van der Waals surface area contributed by atoms with Crippen LogP contribution in [0.5, 0.6) is 5.75 Å². The van der Waals surface area contributed by atoms with Gasteiger partial charge < -0.3 is 15.0 Å². The normalized spacial score (nSPS) is 15.3. The van der Waals surface area contributed by atoms with E-state index >= 15 is 0 Å². The molecule has 2 heterocycles. The first-order valence-corrected chi connectivity index (χ1v) is 8.74. The molecule has 2 amide bonds. The number of hydrogen-bond donors (Lipinski definition) is 1. The summed E-state index contributed by atoms with van der Waals surface area (Å²) in [6, 6.07) is 11.0. The summed E-state index contributed by atoms with van der Waals surface area (Å²) in [6.45, 7) is 2.48. The summed E-state index contributed by atoms with van der Waals surface area (Å²) in [6.07, 6.45) is 2.52. The van der Waals surface area contributed by atoms with Gasteiger partial charge in [0.2, 0.25) is 0 Å². The lowest BCUT2D eigenvalue weighted by molar-refractivity contribution is 0.192. The predicted octanol–water partition coefficient (Wildman–Crippen LogP) is 3.07. The third kappa shape index (κ3) is 3.45. The Labute approximate surface area is 146 Å². The van der Waals surface area contributed by atoms with Crippen molar-refractivity contribution in [3.05, 3.63) is 64.5 Å². The van der Waals surface area contributed by atoms with Crippen molar-refractivity contribution in [1.82, 2.24) is 10.2 Å². The number of amides is 2. The molecule has 0 bridgehead atoms. The molecule has 0 atom stereocenters. The number of urea groups is 1. The average Bonchev–Trinajstić information content (AvgIpc) is 3.08. The second-order valence-electron chi connectivity index (χ2n) is 6.61. The van der Waals surface area contributed by atoms with Crippen molar-refractivity contribution in [2.45, 2.75) is 25.8 Å². The number of nitrogens with zero attached hydrogens (tertiary/aromatic N) is 1. The number of ether oxygens (including phenoxy) is 1.